The van der Waals surface area contributed by atoms with Crippen molar-refractivity contribution >= 4 is 27.9 Å². The highest BCUT2D eigenvalue weighted by atomic mass is 79.9. The van der Waals surface area contributed by atoms with Crippen molar-refractivity contribution in [1.29, 1.82) is 0 Å². The Morgan fingerprint density at radius 2 is 2.00 bits per heavy atom. The van der Waals surface area contributed by atoms with Crippen LogP contribution in [0.15, 0.2) is 28.2 Å². The molecule has 2 N–H and O–H groups in total. The molecule has 20 heavy (non-hydrogen) atoms. The fourth-order valence-corrected chi connectivity index (χ4v) is 2.41. The molecule has 5 nitrogen and oxygen atoms in total. The summed E-state index contributed by atoms with van der Waals surface area (Å²) in [7, 11) is 0. The summed E-state index contributed by atoms with van der Waals surface area (Å²) in [5, 5.41) is 17.9. The predicted molar refractivity (Wildman–Crippen MR) is 78.4 cm³/mol. The number of carbonyl (C=O) groups excluding carboxylic acids is 1. The highest BCUT2D eigenvalue weighted by molar-refractivity contribution is 9.10. The second kappa shape index (κ2) is 6.88. The molecular weight excluding hydrogens is 326 g/mol. The van der Waals surface area contributed by atoms with Gasteiger partial charge in [0.2, 0.25) is 0 Å². The minimum atomic E-state index is -0.223. The Kier molecular flexibility index (Phi) is 5.17. The molecule has 0 saturated heterocycles. The molecule has 0 aromatic heterocycles. The minimum Gasteiger partial charge on any atom is -0.488 e. The fourth-order valence-electron chi connectivity index (χ4n) is 2.03. The molecule has 0 radical (unpaired) electrons. The lowest BCUT2D eigenvalue weighted by molar-refractivity contribution is -0.128. The van der Waals surface area contributed by atoms with Crippen LogP contribution in [0.2, 0.25) is 0 Å². The zero-order chi connectivity index (χ0) is 14.5. The van der Waals surface area contributed by atoms with Crippen LogP contribution in [-0.2, 0) is 4.79 Å². The fraction of sp³-hybridized carbons (Fsp3) is 0.357. The number of aliphatic hydroxyl groups is 2. The van der Waals surface area contributed by atoms with Gasteiger partial charge in [-0.25, -0.2) is 0 Å². The standard InChI is InChI=1S/C14H16BrNO4/c15-12-1-2-13-10(8-12)7-11(9-20-13)14(19)16(3-5-17)4-6-18/h1-2,7-8,17-18H,3-6,9H2. The van der Waals surface area contributed by atoms with E-state index in [1.54, 1.807) is 6.08 Å². The largest absolute Gasteiger partial charge is 0.488 e. The van der Waals surface area contributed by atoms with Crippen LogP contribution in [0.3, 0.4) is 0 Å². The van der Waals surface area contributed by atoms with Gasteiger partial charge in [-0.05, 0) is 24.3 Å². The first-order valence-corrected chi connectivity index (χ1v) is 7.09. The molecule has 0 unspecified atom stereocenters. The van der Waals surface area contributed by atoms with Crippen LogP contribution in [0.1, 0.15) is 5.56 Å². The van der Waals surface area contributed by atoms with Gasteiger partial charge in [0, 0.05) is 23.1 Å². The summed E-state index contributed by atoms with van der Waals surface area (Å²) in [4.78, 5) is 13.7. The lowest BCUT2D eigenvalue weighted by Crippen LogP contribution is -2.38. The number of aliphatic hydroxyl groups excluding tert-OH is 2. The van der Waals surface area contributed by atoms with Crippen molar-refractivity contribution in [2.24, 2.45) is 0 Å². The molecule has 0 spiro atoms. The number of nitrogens with zero attached hydrogens (tertiary/aromatic N) is 1. The van der Waals surface area contributed by atoms with Crippen LogP contribution >= 0.6 is 15.9 Å². The van der Waals surface area contributed by atoms with Crippen molar-refractivity contribution < 1.29 is 19.7 Å². The van der Waals surface area contributed by atoms with Crippen molar-refractivity contribution in [3.8, 4) is 5.75 Å². The van der Waals surface area contributed by atoms with E-state index in [1.807, 2.05) is 18.2 Å². The zero-order valence-electron chi connectivity index (χ0n) is 10.9. The summed E-state index contributed by atoms with van der Waals surface area (Å²) in [6.45, 7) is 0.314. The third-order valence-electron chi connectivity index (χ3n) is 2.99. The number of rotatable bonds is 5. The van der Waals surface area contributed by atoms with Crippen molar-refractivity contribution in [2.75, 3.05) is 32.9 Å². The van der Waals surface area contributed by atoms with E-state index < -0.39 is 0 Å². The third kappa shape index (κ3) is 3.39. The molecule has 1 aromatic carbocycles. The zero-order valence-corrected chi connectivity index (χ0v) is 12.5. The van der Waals surface area contributed by atoms with Crippen molar-refractivity contribution in [2.45, 2.75) is 0 Å². The van der Waals surface area contributed by atoms with E-state index >= 15 is 0 Å². The quantitative estimate of drug-likeness (QED) is 0.839. The summed E-state index contributed by atoms with van der Waals surface area (Å²) in [6.07, 6.45) is 1.79. The highest BCUT2D eigenvalue weighted by Gasteiger charge is 2.21. The number of benzene rings is 1. The second-order valence-corrected chi connectivity index (χ2v) is 5.30. The summed E-state index contributed by atoms with van der Waals surface area (Å²) < 4.78 is 6.47. The Bertz CT molecular complexity index is 524. The maximum atomic E-state index is 12.3. The molecule has 0 fully saturated rings. The van der Waals surface area contributed by atoms with E-state index in [-0.39, 0.29) is 38.8 Å². The van der Waals surface area contributed by atoms with E-state index in [1.165, 1.54) is 4.90 Å². The normalized spacial score (nSPS) is 13.2. The Morgan fingerprint density at radius 3 is 2.65 bits per heavy atom. The van der Waals surface area contributed by atoms with Gasteiger partial charge in [-0.15, -0.1) is 0 Å². The van der Waals surface area contributed by atoms with Crippen LogP contribution in [0.4, 0.5) is 0 Å². The maximum Gasteiger partial charge on any atom is 0.253 e. The van der Waals surface area contributed by atoms with Gasteiger partial charge in [0.15, 0.2) is 0 Å². The molecule has 1 aliphatic heterocycles. The first-order valence-electron chi connectivity index (χ1n) is 6.29. The number of ether oxygens (including phenoxy) is 1. The number of hydrogen-bond donors (Lipinski definition) is 2. The molecule has 0 atom stereocenters. The number of amides is 1. The molecular formula is C14H16BrNO4. The van der Waals surface area contributed by atoms with Crippen LogP contribution in [0.25, 0.3) is 6.08 Å². The third-order valence-corrected chi connectivity index (χ3v) is 3.48. The van der Waals surface area contributed by atoms with Crippen LogP contribution in [-0.4, -0.2) is 53.9 Å². The van der Waals surface area contributed by atoms with Gasteiger partial charge in [-0.2, -0.15) is 0 Å². The molecule has 0 saturated carbocycles. The molecule has 108 valence electrons. The predicted octanol–water partition coefficient (Wildman–Crippen LogP) is 1.04. The topological polar surface area (TPSA) is 70.0 Å². The van der Waals surface area contributed by atoms with Crippen molar-refractivity contribution in [1.82, 2.24) is 4.90 Å². The minimum absolute atomic E-state index is 0.137. The monoisotopic (exact) mass is 341 g/mol. The number of halogens is 1. The Balaban J connectivity index is 2.22. The van der Waals surface area contributed by atoms with E-state index in [2.05, 4.69) is 15.9 Å². The van der Waals surface area contributed by atoms with Gasteiger partial charge < -0.3 is 19.8 Å². The van der Waals surface area contributed by atoms with Gasteiger partial charge in [-0.1, -0.05) is 15.9 Å². The van der Waals surface area contributed by atoms with Crippen LogP contribution < -0.4 is 4.74 Å². The smallest absolute Gasteiger partial charge is 0.253 e. The average Bonchev–Trinajstić information content (AvgIpc) is 2.45. The van der Waals surface area contributed by atoms with Gasteiger partial charge in [-0.3, -0.25) is 4.79 Å². The molecule has 1 heterocycles. The Labute approximate surface area is 125 Å². The summed E-state index contributed by atoms with van der Waals surface area (Å²) in [5.74, 6) is 0.513. The molecule has 1 aliphatic rings. The number of fused-ring (bicyclic) bond motifs is 1. The lowest BCUT2D eigenvalue weighted by atomic mass is 10.1. The summed E-state index contributed by atoms with van der Waals surface area (Å²) >= 11 is 3.38. The van der Waals surface area contributed by atoms with E-state index in [4.69, 9.17) is 14.9 Å². The average molecular weight is 342 g/mol. The first-order chi connectivity index (χ1) is 9.65. The first kappa shape index (κ1) is 15.0. The van der Waals surface area contributed by atoms with Gasteiger partial charge in [0.1, 0.15) is 12.4 Å². The van der Waals surface area contributed by atoms with Gasteiger partial charge in [0.05, 0.1) is 18.8 Å². The number of carbonyl (C=O) groups is 1. The molecule has 2 rings (SSSR count). The highest BCUT2D eigenvalue weighted by Crippen LogP contribution is 2.29. The van der Waals surface area contributed by atoms with Crippen LogP contribution in [0, 0.1) is 0 Å². The van der Waals surface area contributed by atoms with E-state index in [9.17, 15) is 4.79 Å². The molecule has 0 aliphatic carbocycles. The van der Waals surface area contributed by atoms with E-state index in [0.717, 1.165) is 15.8 Å². The lowest BCUT2D eigenvalue weighted by Gasteiger charge is -2.24. The van der Waals surface area contributed by atoms with Crippen molar-refractivity contribution in [3.05, 3.63) is 33.8 Å². The second-order valence-electron chi connectivity index (χ2n) is 4.38. The van der Waals surface area contributed by atoms with Crippen molar-refractivity contribution in [3.63, 3.8) is 0 Å². The molecule has 0 bridgehead atoms. The van der Waals surface area contributed by atoms with E-state index in [0.29, 0.717) is 5.57 Å². The van der Waals surface area contributed by atoms with Crippen LogP contribution in [0.5, 0.6) is 5.75 Å². The Hall–Kier alpha value is -1.37. The number of hydrogen-bond acceptors (Lipinski definition) is 4. The summed E-state index contributed by atoms with van der Waals surface area (Å²) in [6, 6.07) is 5.60. The summed E-state index contributed by atoms with van der Waals surface area (Å²) in [5.41, 5.74) is 1.35. The Morgan fingerprint density at radius 1 is 1.30 bits per heavy atom. The SMILES string of the molecule is O=C(C1=Cc2cc(Br)ccc2OC1)N(CCO)CCO. The molecule has 6 heteroatoms. The maximum absolute atomic E-state index is 12.3. The molecule has 1 amide bonds. The molecule has 1 aromatic rings. The van der Waals surface area contributed by atoms with Gasteiger partial charge >= 0.3 is 0 Å². The van der Waals surface area contributed by atoms with Gasteiger partial charge in [0.25, 0.3) is 5.91 Å².